The second-order valence-corrected chi connectivity index (χ2v) is 8.92. The van der Waals surface area contributed by atoms with E-state index in [1.54, 1.807) is 6.07 Å². The number of nitrogens with zero attached hydrogens (tertiary/aromatic N) is 1. The number of aryl methyl sites for hydroxylation is 2. The molecule has 0 bridgehead atoms. The Kier molecular flexibility index (Phi) is 5.69. The Morgan fingerprint density at radius 1 is 1.14 bits per heavy atom. The predicted octanol–water partition coefficient (Wildman–Crippen LogP) is 4.96. The van der Waals surface area contributed by atoms with Crippen molar-refractivity contribution < 1.29 is 14.3 Å². The van der Waals surface area contributed by atoms with Crippen molar-refractivity contribution in [2.45, 2.75) is 41.5 Å². The molecule has 1 N–H and O–H groups in total. The molecule has 2 amide bonds. The van der Waals surface area contributed by atoms with Gasteiger partial charge in [0.15, 0.2) is 0 Å². The Balaban J connectivity index is 1.90. The molecule has 1 aliphatic heterocycles. The third kappa shape index (κ3) is 4.44. The molecule has 154 valence electrons. The number of fused-ring (bicyclic) bond motifs is 1. The quantitative estimate of drug-likeness (QED) is 0.797. The van der Waals surface area contributed by atoms with E-state index in [9.17, 15) is 9.59 Å². The highest BCUT2D eigenvalue weighted by atomic mass is 16.5. The van der Waals surface area contributed by atoms with Crippen LogP contribution in [-0.4, -0.2) is 25.0 Å². The molecular formula is C24H30N2O3. The Morgan fingerprint density at radius 2 is 1.86 bits per heavy atom. The molecule has 0 saturated heterocycles. The van der Waals surface area contributed by atoms with Crippen LogP contribution in [0, 0.1) is 25.2 Å². The SMILES string of the molecule is Cc1ccc(C(=O)Nc2ccc3c(c2)OCC(C)(C)C(=O)N3CC(C)C)cc1C. The maximum Gasteiger partial charge on any atom is 0.255 e. The minimum absolute atomic E-state index is 0.0527. The highest BCUT2D eigenvalue weighted by Crippen LogP contribution is 2.38. The molecule has 0 aromatic heterocycles. The second-order valence-electron chi connectivity index (χ2n) is 8.92. The van der Waals surface area contributed by atoms with Gasteiger partial charge >= 0.3 is 0 Å². The fourth-order valence-corrected chi connectivity index (χ4v) is 3.36. The summed E-state index contributed by atoms with van der Waals surface area (Å²) >= 11 is 0. The van der Waals surface area contributed by atoms with Crippen LogP contribution in [0.2, 0.25) is 0 Å². The van der Waals surface area contributed by atoms with Crippen molar-refractivity contribution in [2.24, 2.45) is 11.3 Å². The number of amides is 2. The van der Waals surface area contributed by atoms with E-state index in [-0.39, 0.29) is 11.8 Å². The summed E-state index contributed by atoms with van der Waals surface area (Å²) in [6.45, 7) is 12.9. The van der Waals surface area contributed by atoms with Gasteiger partial charge in [0.05, 0.1) is 11.1 Å². The van der Waals surface area contributed by atoms with Gasteiger partial charge in [-0.1, -0.05) is 19.9 Å². The number of hydrogen-bond donors (Lipinski definition) is 1. The van der Waals surface area contributed by atoms with E-state index in [1.165, 1.54) is 0 Å². The normalized spacial score (nSPS) is 15.6. The Morgan fingerprint density at radius 3 is 2.52 bits per heavy atom. The molecule has 3 rings (SSSR count). The largest absolute Gasteiger partial charge is 0.490 e. The first kappa shape index (κ1) is 20.9. The Bertz CT molecular complexity index is 947. The van der Waals surface area contributed by atoms with Gasteiger partial charge in [0.25, 0.3) is 5.91 Å². The molecule has 1 heterocycles. The molecular weight excluding hydrogens is 364 g/mol. The number of rotatable bonds is 4. The molecule has 0 spiro atoms. The van der Waals surface area contributed by atoms with Crippen LogP contribution in [0.5, 0.6) is 5.75 Å². The Hall–Kier alpha value is -2.82. The van der Waals surface area contributed by atoms with E-state index in [1.807, 2.05) is 62.9 Å². The van der Waals surface area contributed by atoms with Crippen molar-refractivity contribution >= 4 is 23.2 Å². The third-order valence-corrected chi connectivity index (χ3v) is 5.24. The van der Waals surface area contributed by atoms with E-state index in [0.29, 0.717) is 36.1 Å². The molecule has 5 nitrogen and oxygen atoms in total. The van der Waals surface area contributed by atoms with Gasteiger partial charge in [-0.25, -0.2) is 0 Å². The summed E-state index contributed by atoms with van der Waals surface area (Å²) in [6.07, 6.45) is 0. The van der Waals surface area contributed by atoms with Crippen LogP contribution in [0.4, 0.5) is 11.4 Å². The first-order chi connectivity index (χ1) is 13.6. The summed E-state index contributed by atoms with van der Waals surface area (Å²) in [4.78, 5) is 27.5. The number of benzene rings is 2. The number of carbonyl (C=O) groups excluding carboxylic acids is 2. The minimum Gasteiger partial charge on any atom is -0.490 e. The van der Waals surface area contributed by atoms with Gasteiger partial charge in [0, 0.05) is 23.9 Å². The Labute approximate surface area is 173 Å². The van der Waals surface area contributed by atoms with Gasteiger partial charge in [0.1, 0.15) is 12.4 Å². The average Bonchev–Trinajstić information content (AvgIpc) is 2.74. The molecule has 29 heavy (non-hydrogen) atoms. The molecule has 2 aromatic carbocycles. The summed E-state index contributed by atoms with van der Waals surface area (Å²) < 4.78 is 5.99. The molecule has 0 fully saturated rings. The summed E-state index contributed by atoms with van der Waals surface area (Å²) in [5, 5.41) is 2.94. The lowest BCUT2D eigenvalue weighted by Gasteiger charge is -2.29. The highest BCUT2D eigenvalue weighted by Gasteiger charge is 2.38. The lowest BCUT2D eigenvalue weighted by atomic mass is 9.92. The first-order valence-electron chi connectivity index (χ1n) is 10.1. The van der Waals surface area contributed by atoms with Gasteiger partial charge in [-0.2, -0.15) is 0 Å². The third-order valence-electron chi connectivity index (χ3n) is 5.24. The number of hydrogen-bond acceptors (Lipinski definition) is 3. The first-order valence-corrected chi connectivity index (χ1v) is 10.1. The molecule has 0 radical (unpaired) electrons. The zero-order valence-electron chi connectivity index (χ0n) is 18.1. The van der Waals surface area contributed by atoms with Gasteiger partial charge in [-0.15, -0.1) is 0 Å². The second kappa shape index (κ2) is 7.90. The van der Waals surface area contributed by atoms with E-state index < -0.39 is 5.41 Å². The minimum atomic E-state index is -0.614. The number of anilines is 2. The standard InChI is InChI=1S/C24H30N2O3/c1-15(2)13-26-20-10-9-19(12-21(20)29-14-24(5,6)23(26)28)25-22(27)18-8-7-16(3)17(4)11-18/h7-12,15H,13-14H2,1-6H3,(H,25,27). The highest BCUT2D eigenvalue weighted by molar-refractivity contribution is 6.05. The van der Waals surface area contributed by atoms with Crippen LogP contribution < -0.4 is 15.0 Å². The number of carbonyl (C=O) groups is 2. The maximum atomic E-state index is 13.0. The maximum absolute atomic E-state index is 13.0. The monoisotopic (exact) mass is 394 g/mol. The predicted molar refractivity (Wildman–Crippen MR) is 117 cm³/mol. The summed E-state index contributed by atoms with van der Waals surface area (Å²) in [6, 6.07) is 11.1. The summed E-state index contributed by atoms with van der Waals surface area (Å²) in [5.74, 6) is 0.821. The fraction of sp³-hybridized carbons (Fsp3) is 0.417. The summed E-state index contributed by atoms with van der Waals surface area (Å²) in [5.41, 5.74) is 3.62. The van der Waals surface area contributed by atoms with E-state index in [4.69, 9.17) is 4.74 Å². The lowest BCUT2D eigenvalue weighted by Crippen LogP contribution is -2.43. The van der Waals surface area contributed by atoms with Gasteiger partial charge in [0.2, 0.25) is 5.91 Å². The van der Waals surface area contributed by atoms with Crippen LogP contribution in [0.25, 0.3) is 0 Å². The molecule has 0 atom stereocenters. The van der Waals surface area contributed by atoms with Crippen LogP contribution in [-0.2, 0) is 4.79 Å². The molecule has 0 aliphatic carbocycles. The van der Waals surface area contributed by atoms with Crippen molar-refractivity contribution in [3.8, 4) is 5.75 Å². The zero-order valence-corrected chi connectivity index (χ0v) is 18.1. The molecule has 0 unspecified atom stereocenters. The summed E-state index contributed by atoms with van der Waals surface area (Å²) in [7, 11) is 0. The average molecular weight is 395 g/mol. The van der Waals surface area contributed by atoms with E-state index in [2.05, 4.69) is 19.2 Å². The van der Waals surface area contributed by atoms with Crippen LogP contribution in [0.15, 0.2) is 36.4 Å². The van der Waals surface area contributed by atoms with Crippen LogP contribution >= 0.6 is 0 Å². The zero-order chi connectivity index (χ0) is 21.3. The lowest BCUT2D eigenvalue weighted by molar-refractivity contribution is -0.127. The number of ether oxygens (including phenoxy) is 1. The van der Waals surface area contributed by atoms with E-state index >= 15 is 0 Å². The van der Waals surface area contributed by atoms with Crippen molar-refractivity contribution in [2.75, 3.05) is 23.4 Å². The smallest absolute Gasteiger partial charge is 0.255 e. The van der Waals surface area contributed by atoms with Gasteiger partial charge in [-0.05, 0) is 69.0 Å². The molecule has 1 aliphatic rings. The molecule has 0 saturated carbocycles. The van der Waals surface area contributed by atoms with Crippen molar-refractivity contribution in [3.63, 3.8) is 0 Å². The van der Waals surface area contributed by atoms with E-state index in [0.717, 1.165) is 16.8 Å². The fourth-order valence-electron chi connectivity index (χ4n) is 3.36. The van der Waals surface area contributed by atoms with Crippen molar-refractivity contribution in [1.82, 2.24) is 0 Å². The number of nitrogens with one attached hydrogen (secondary N) is 1. The van der Waals surface area contributed by atoms with Gasteiger partial charge < -0.3 is 15.0 Å². The van der Waals surface area contributed by atoms with Crippen LogP contribution in [0.1, 0.15) is 49.2 Å². The van der Waals surface area contributed by atoms with Crippen molar-refractivity contribution in [3.05, 3.63) is 53.1 Å². The van der Waals surface area contributed by atoms with Crippen molar-refractivity contribution in [1.29, 1.82) is 0 Å². The molecule has 2 aromatic rings. The van der Waals surface area contributed by atoms with Crippen LogP contribution in [0.3, 0.4) is 0 Å². The van der Waals surface area contributed by atoms with Gasteiger partial charge in [-0.3, -0.25) is 9.59 Å². The molecule has 5 heteroatoms. The topological polar surface area (TPSA) is 58.6 Å².